The van der Waals surface area contributed by atoms with Gasteiger partial charge >= 0.3 is 0 Å². The minimum Gasteiger partial charge on any atom is -0.336 e. The number of likely N-dealkylation sites (tertiary alicyclic amines) is 1. The van der Waals surface area contributed by atoms with E-state index < -0.39 is 0 Å². The lowest BCUT2D eigenvalue weighted by Crippen LogP contribution is -2.43. The van der Waals surface area contributed by atoms with Crippen molar-refractivity contribution in [1.82, 2.24) is 19.8 Å². The number of H-pyrrole nitrogens is 1. The maximum Gasteiger partial charge on any atom is 0.254 e. The van der Waals surface area contributed by atoms with Crippen LogP contribution in [-0.4, -0.2) is 51.9 Å². The minimum atomic E-state index is -0.0145. The van der Waals surface area contributed by atoms with Gasteiger partial charge in [0.15, 0.2) is 0 Å². The van der Waals surface area contributed by atoms with Crippen LogP contribution in [0.4, 0.5) is 0 Å². The average molecular weight is 433 g/mol. The molecule has 0 bridgehead atoms. The Morgan fingerprint density at radius 3 is 2.75 bits per heavy atom. The fourth-order valence-electron chi connectivity index (χ4n) is 5.19. The maximum absolute atomic E-state index is 12.8. The quantitative estimate of drug-likeness (QED) is 0.787. The van der Waals surface area contributed by atoms with Gasteiger partial charge in [-0.25, -0.2) is 4.98 Å². The summed E-state index contributed by atoms with van der Waals surface area (Å²) in [5, 5.41) is 0. The third-order valence-corrected chi connectivity index (χ3v) is 7.20. The maximum atomic E-state index is 12.8. The van der Waals surface area contributed by atoms with Gasteiger partial charge in [-0.15, -0.1) is 0 Å². The number of carbonyl (C=O) groups excluding carboxylic acids is 1. The Hall–Kier alpha value is -2.73. The molecule has 1 atom stereocenters. The highest BCUT2D eigenvalue weighted by Crippen LogP contribution is 2.30. The number of aromatic amines is 1. The van der Waals surface area contributed by atoms with Crippen molar-refractivity contribution in [3.8, 4) is 0 Å². The molecule has 1 N–H and O–H groups in total. The highest BCUT2D eigenvalue weighted by molar-refractivity contribution is 5.79. The smallest absolute Gasteiger partial charge is 0.254 e. The number of aromatic nitrogens is 2. The summed E-state index contributed by atoms with van der Waals surface area (Å²) in [5.74, 6) is 1.46. The number of nitrogens with one attached hydrogen (secondary N) is 1. The van der Waals surface area contributed by atoms with Crippen molar-refractivity contribution in [2.45, 2.75) is 51.5 Å². The molecule has 1 unspecified atom stereocenters. The van der Waals surface area contributed by atoms with Crippen LogP contribution < -0.4 is 5.56 Å². The van der Waals surface area contributed by atoms with E-state index in [9.17, 15) is 9.59 Å². The molecule has 1 saturated carbocycles. The lowest BCUT2D eigenvalue weighted by molar-refractivity contribution is -0.139. The molecule has 6 heteroatoms. The van der Waals surface area contributed by atoms with Crippen LogP contribution in [0.1, 0.15) is 61.2 Å². The molecule has 1 aromatic heterocycles. The van der Waals surface area contributed by atoms with Crippen molar-refractivity contribution >= 4 is 12.0 Å². The largest absolute Gasteiger partial charge is 0.336 e. The van der Waals surface area contributed by atoms with Gasteiger partial charge in [0.05, 0.1) is 12.2 Å². The molecule has 1 saturated heterocycles. The first kappa shape index (κ1) is 21.1. The van der Waals surface area contributed by atoms with E-state index >= 15 is 0 Å². The van der Waals surface area contributed by atoms with Crippen molar-refractivity contribution in [3.63, 3.8) is 0 Å². The van der Waals surface area contributed by atoms with Gasteiger partial charge in [-0.2, -0.15) is 0 Å². The molecule has 1 aromatic carbocycles. The Labute approximate surface area is 189 Å². The van der Waals surface area contributed by atoms with E-state index in [0.29, 0.717) is 19.5 Å². The molecule has 2 aliphatic heterocycles. The number of nitrogens with zero attached hydrogens (tertiary/aromatic N) is 3. The van der Waals surface area contributed by atoms with Gasteiger partial charge in [-0.3, -0.25) is 14.5 Å². The van der Waals surface area contributed by atoms with E-state index in [4.69, 9.17) is 4.98 Å². The second-order valence-electron chi connectivity index (χ2n) is 9.64. The van der Waals surface area contributed by atoms with Crippen molar-refractivity contribution in [2.24, 2.45) is 5.92 Å². The average Bonchev–Trinajstić information content (AvgIpc) is 3.21. The molecule has 1 aliphatic carbocycles. The molecule has 0 radical (unpaired) electrons. The third kappa shape index (κ3) is 4.42. The Morgan fingerprint density at radius 1 is 1.19 bits per heavy atom. The lowest BCUT2D eigenvalue weighted by atomic mass is 9.84. The van der Waals surface area contributed by atoms with E-state index in [1.165, 1.54) is 11.1 Å². The molecule has 3 aliphatic rings. The molecular formula is C26H32N4O2. The number of amides is 1. The van der Waals surface area contributed by atoms with Crippen molar-refractivity contribution in [3.05, 3.63) is 68.9 Å². The zero-order valence-corrected chi connectivity index (χ0v) is 18.8. The van der Waals surface area contributed by atoms with Gasteiger partial charge in [-0.05, 0) is 44.7 Å². The van der Waals surface area contributed by atoms with E-state index in [-0.39, 0.29) is 23.3 Å². The first-order valence-electron chi connectivity index (χ1n) is 11.9. The Morgan fingerprint density at radius 2 is 2.00 bits per heavy atom. The normalized spacial score (nSPS) is 22.0. The van der Waals surface area contributed by atoms with Crippen LogP contribution in [0.3, 0.4) is 0 Å². The summed E-state index contributed by atoms with van der Waals surface area (Å²) in [5.41, 5.74) is 4.11. The van der Waals surface area contributed by atoms with Gasteiger partial charge in [0, 0.05) is 37.0 Å². The van der Waals surface area contributed by atoms with Crippen LogP contribution in [0.25, 0.3) is 6.08 Å². The Balaban J connectivity index is 1.26. The summed E-state index contributed by atoms with van der Waals surface area (Å²) in [6, 6.07) is 10.4. The summed E-state index contributed by atoms with van der Waals surface area (Å²) < 4.78 is 0. The van der Waals surface area contributed by atoms with Gasteiger partial charge in [0.1, 0.15) is 5.82 Å². The number of carbonyl (C=O) groups is 1. The number of rotatable bonds is 5. The van der Waals surface area contributed by atoms with Gasteiger partial charge in [-0.1, -0.05) is 48.4 Å². The molecule has 2 fully saturated rings. The van der Waals surface area contributed by atoms with Crippen LogP contribution in [0.5, 0.6) is 0 Å². The molecule has 168 valence electrons. The zero-order valence-electron chi connectivity index (χ0n) is 18.8. The fourth-order valence-corrected chi connectivity index (χ4v) is 5.19. The standard InChI is InChI=1S/C26H32N4O2/c1-18(14-19-6-3-2-4-7-19)15-29-12-10-21(16-29)24-27-23-17-30(26(32)20-8-5-9-20)13-11-22(23)25(31)28-24/h2-4,6-7,14,20-21H,5,8-13,15-17H2,1H3,(H,27,28,31). The number of hydrogen-bond donors (Lipinski definition) is 1. The molecule has 2 aromatic rings. The first-order valence-corrected chi connectivity index (χ1v) is 11.9. The van der Waals surface area contributed by atoms with Gasteiger partial charge < -0.3 is 9.88 Å². The second kappa shape index (κ2) is 9.02. The van der Waals surface area contributed by atoms with E-state index in [1.807, 2.05) is 11.0 Å². The topological polar surface area (TPSA) is 69.3 Å². The number of hydrogen-bond acceptors (Lipinski definition) is 4. The first-order chi connectivity index (χ1) is 15.6. The number of fused-ring (bicyclic) bond motifs is 1. The van der Waals surface area contributed by atoms with Gasteiger partial charge in [0.25, 0.3) is 5.56 Å². The third-order valence-electron chi connectivity index (χ3n) is 7.20. The van der Waals surface area contributed by atoms with Crippen LogP contribution in [0.15, 0.2) is 40.7 Å². The van der Waals surface area contributed by atoms with Gasteiger partial charge in [0.2, 0.25) is 5.91 Å². The fraction of sp³-hybridized carbons (Fsp3) is 0.500. The monoisotopic (exact) mass is 432 g/mol. The molecule has 3 heterocycles. The van der Waals surface area contributed by atoms with Crippen molar-refractivity contribution < 1.29 is 4.79 Å². The van der Waals surface area contributed by atoms with E-state index in [1.54, 1.807) is 0 Å². The van der Waals surface area contributed by atoms with Crippen LogP contribution >= 0.6 is 0 Å². The molecule has 32 heavy (non-hydrogen) atoms. The van der Waals surface area contributed by atoms with Crippen molar-refractivity contribution in [2.75, 3.05) is 26.2 Å². The summed E-state index contributed by atoms with van der Waals surface area (Å²) >= 11 is 0. The summed E-state index contributed by atoms with van der Waals surface area (Å²) in [4.78, 5) is 37.8. The van der Waals surface area contributed by atoms with Crippen molar-refractivity contribution in [1.29, 1.82) is 0 Å². The molecule has 5 rings (SSSR count). The summed E-state index contributed by atoms with van der Waals surface area (Å²) in [6.07, 6.45) is 7.00. The molecular weight excluding hydrogens is 400 g/mol. The predicted octanol–water partition coefficient (Wildman–Crippen LogP) is 3.35. The molecule has 0 spiro atoms. The highest BCUT2D eigenvalue weighted by Gasteiger charge is 2.33. The zero-order chi connectivity index (χ0) is 22.1. The molecule has 1 amide bonds. The molecule has 6 nitrogen and oxygen atoms in total. The highest BCUT2D eigenvalue weighted by atomic mass is 16.2. The minimum absolute atomic E-state index is 0.0145. The van der Waals surface area contributed by atoms with Crippen LogP contribution in [-0.2, 0) is 17.8 Å². The van der Waals surface area contributed by atoms with E-state index in [0.717, 1.165) is 62.4 Å². The summed E-state index contributed by atoms with van der Waals surface area (Å²) in [6.45, 7) is 6.11. The number of benzene rings is 1. The second-order valence-corrected chi connectivity index (χ2v) is 9.64. The SMILES string of the molecule is CC(=Cc1ccccc1)CN1CCC(c2nc3c(c(=O)[nH]2)CCN(C(=O)C2CCC2)C3)C1. The van der Waals surface area contributed by atoms with E-state index in [2.05, 4.69) is 47.1 Å². The summed E-state index contributed by atoms with van der Waals surface area (Å²) in [7, 11) is 0. The Kier molecular flexibility index (Phi) is 5.96. The van der Waals surface area contributed by atoms with Crippen LogP contribution in [0, 0.1) is 5.92 Å². The predicted molar refractivity (Wildman–Crippen MR) is 125 cm³/mol. The Bertz CT molecular complexity index is 1070. The lowest BCUT2D eigenvalue weighted by Gasteiger charge is -2.34. The van der Waals surface area contributed by atoms with Crippen LogP contribution in [0.2, 0.25) is 0 Å².